The zero-order chi connectivity index (χ0) is 16.4. The number of hydrogen-bond donors (Lipinski definition) is 2. The number of benzene rings is 1. The molecule has 0 fully saturated rings. The number of nitrogens with zero attached hydrogens (tertiary/aromatic N) is 2. The number of carboxylic acid groups (broad SMARTS) is 1. The fourth-order valence-electron chi connectivity index (χ4n) is 2.27. The molecular formula is C16H12FN3O3. The van der Waals surface area contributed by atoms with Crippen molar-refractivity contribution in [3.05, 3.63) is 53.2 Å². The third kappa shape index (κ3) is 2.76. The molecule has 0 saturated carbocycles. The van der Waals surface area contributed by atoms with E-state index in [-0.39, 0.29) is 11.3 Å². The summed E-state index contributed by atoms with van der Waals surface area (Å²) in [6.45, 7) is 0. The van der Waals surface area contributed by atoms with E-state index in [9.17, 15) is 14.3 Å². The predicted octanol–water partition coefficient (Wildman–Crippen LogP) is 2.97. The highest BCUT2D eigenvalue weighted by atomic mass is 19.1. The summed E-state index contributed by atoms with van der Waals surface area (Å²) in [6.07, 6.45) is 4.78. The van der Waals surface area contributed by atoms with Crippen LogP contribution < -0.4 is 4.74 Å². The SMILES string of the molecule is COc1c(C(=O)O)ccc2[nH]nc(C=Cc3ccc(F)nc3)c12. The van der Waals surface area contributed by atoms with Crippen molar-refractivity contribution in [2.45, 2.75) is 0 Å². The lowest BCUT2D eigenvalue weighted by Gasteiger charge is -2.06. The summed E-state index contributed by atoms with van der Waals surface area (Å²) in [5.41, 5.74) is 1.92. The minimum Gasteiger partial charge on any atom is -0.495 e. The number of carbonyl (C=O) groups is 1. The highest BCUT2D eigenvalue weighted by Crippen LogP contribution is 2.32. The first kappa shape index (κ1) is 14.7. The Morgan fingerprint density at radius 3 is 2.78 bits per heavy atom. The van der Waals surface area contributed by atoms with Crippen LogP contribution in [0.2, 0.25) is 0 Å². The molecule has 3 aromatic rings. The number of halogens is 1. The molecule has 0 unspecified atom stereocenters. The van der Waals surface area contributed by atoms with Crippen LogP contribution in [0.5, 0.6) is 5.75 Å². The Morgan fingerprint density at radius 2 is 2.13 bits per heavy atom. The van der Waals surface area contributed by atoms with Gasteiger partial charge in [0.1, 0.15) is 11.3 Å². The molecule has 2 heterocycles. The Kier molecular flexibility index (Phi) is 3.76. The first-order chi connectivity index (χ1) is 11.1. The standard InChI is InChI=1S/C16H12FN3O3/c1-23-15-10(16(21)22)4-6-12-14(15)11(19-20-12)5-2-9-3-7-13(17)18-8-9/h2-8H,1H3,(H,19,20)(H,21,22). The normalized spacial score (nSPS) is 11.2. The van der Waals surface area contributed by atoms with E-state index >= 15 is 0 Å². The van der Waals surface area contributed by atoms with Gasteiger partial charge in [-0.25, -0.2) is 9.78 Å². The van der Waals surface area contributed by atoms with Crippen LogP contribution in [-0.2, 0) is 0 Å². The maximum atomic E-state index is 12.8. The molecule has 0 aliphatic rings. The van der Waals surface area contributed by atoms with Gasteiger partial charge in [0, 0.05) is 6.20 Å². The summed E-state index contributed by atoms with van der Waals surface area (Å²) in [6, 6.07) is 5.92. The molecule has 23 heavy (non-hydrogen) atoms. The number of hydrogen-bond acceptors (Lipinski definition) is 4. The van der Waals surface area contributed by atoms with E-state index in [1.54, 1.807) is 24.3 Å². The van der Waals surface area contributed by atoms with Crippen molar-refractivity contribution in [2.75, 3.05) is 7.11 Å². The van der Waals surface area contributed by atoms with E-state index in [0.29, 0.717) is 22.2 Å². The summed E-state index contributed by atoms with van der Waals surface area (Å²) in [7, 11) is 1.41. The van der Waals surface area contributed by atoms with Crippen LogP contribution in [0.1, 0.15) is 21.6 Å². The van der Waals surface area contributed by atoms with Crippen molar-refractivity contribution in [1.29, 1.82) is 0 Å². The minimum absolute atomic E-state index is 0.0551. The number of nitrogens with one attached hydrogen (secondary N) is 1. The van der Waals surface area contributed by atoms with E-state index < -0.39 is 11.9 Å². The number of aromatic amines is 1. The molecule has 0 radical (unpaired) electrons. The number of aromatic nitrogens is 3. The predicted molar refractivity (Wildman–Crippen MR) is 82.7 cm³/mol. The van der Waals surface area contributed by atoms with Crippen LogP contribution in [0.3, 0.4) is 0 Å². The van der Waals surface area contributed by atoms with Gasteiger partial charge >= 0.3 is 5.97 Å². The van der Waals surface area contributed by atoms with Crippen molar-refractivity contribution in [2.24, 2.45) is 0 Å². The number of aromatic carboxylic acids is 1. The molecule has 7 heteroatoms. The lowest BCUT2D eigenvalue weighted by atomic mass is 10.1. The van der Waals surface area contributed by atoms with Crippen LogP contribution in [0.15, 0.2) is 30.5 Å². The van der Waals surface area contributed by atoms with Gasteiger partial charge in [-0.1, -0.05) is 6.08 Å². The van der Waals surface area contributed by atoms with Crippen molar-refractivity contribution >= 4 is 29.0 Å². The van der Waals surface area contributed by atoms with Gasteiger partial charge in [0.05, 0.1) is 23.7 Å². The van der Waals surface area contributed by atoms with Gasteiger partial charge in [0.2, 0.25) is 5.95 Å². The Morgan fingerprint density at radius 1 is 1.30 bits per heavy atom. The van der Waals surface area contributed by atoms with Gasteiger partial charge in [-0.05, 0) is 35.9 Å². The third-order valence-electron chi connectivity index (χ3n) is 3.33. The number of ether oxygens (including phenoxy) is 1. The van der Waals surface area contributed by atoms with Gasteiger partial charge in [-0.2, -0.15) is 9.49 Å². The molecular weight excluding hydrogens is 301 g/mol. The molecule has 1 aromatic carbocycles. The second-order valence-electron chi connectivity index (χ2n) is 4.73. The molecule has 0 bridgehead atoms. The molecule has 0 amide bonds. The monoisotopic (exact) mass is 313 g/mol. The van der Waals surface area contributed by atoms with Crippen LogP contribution in [0, 0.1) is 5.95 Å². The maximum absolute atomic E-state index is 12.8. The Bertz CT molecular complexity index is 901. The second-order valence-corrected chi connectivity index (χ2v) is 4.73. The van der Waals surface area contributed by atoms with Crippen molar-refractivity contribution < 1.29 is 19.0 Å². The largest absolute Gasteiger partial charge is 0.495 e. The van der Waals surface area contributed by atoms with E-state index in [2.05, 4.69) is 15.2 Å². The summed E-state index contributed by atoms with van der Waals surface area (Å²) in [5.74, 6) is -1.40. The lowest BCUT2D eigenvalue weighted by molar-refractivity contribution is 0.0693. The number of methoxy groups -OCH3 is 1. The summed E-state index contributed by atoms with van der Waals surface area (Å²) < 4.78 is 18.1. The van der Waals surface area contributed by atoms with Gasteiger partial charge in [0.25, 0.3) is 0 Å². The van der Waals surface area contributed by atoms with Crippen LogP contribution in [-0.4, -0.2) is 33.4 Å². The number of carboxylic acids is 1. The Labute approximate surface area is 130 Å². The number of fused-ring (bicyclic) bond motifs is 1. The van der Waals surface area contributed by atoms with Gasteiger partial charge < -0.3 is 9.84 Å². The number of pyridine rings is 1. The minimum atomic E-state index is -1.08. The molecule has 0 saturated heterocycles. The van der Waals surface area contributed by atoms with E-state index in [1.807, 2.05) is 0 Å². The summed E-state index contributed by atoms with van der Waals surface area (Å²) >= 11 is 0. The second kappa shape index (κ2) is 5.88. The average molecular weight is 313 g/mol. The van der Waals surface area contributed by atoms with Gasteiger partial charge in [0.15, 0.2) is 0 Å². The average Bonchev–Trinajstić information content (AvgIpc) is 2.96. The molecule has 6 nitrogen and oxygen atoms in total. The van der Waals surface area contributed by atoms with Crippen LogP contribution in [0.4, 0.5) is 4.39 Å². The summed E-state index contributed by atoms with van der Waals surface area (Å²) in [4.78, 5) is 14.9. The van der Waals surface area contributed by atoms with E-state index in [1.165, 1.54) is 25.4 Å². The zero-order valence-corrected chi connectivity index (χ0v) is 12.1. The third-order valence-corrected chi connectivity index (χ3v) is 3.33. The fourth-order valence-corrected chi connectivity index (χ4v) is 2.27. The quantitative estimate of drug-likeness (QED) is 0.723. The Hall–Kier alpha value is -3.22. The van der Waals surface area contributed by atoms with Crippen molar-refractivity contribution in [3.63, 3.8) is 0 Å². The smallest absolute Gasteiger partial charge is 0.339 e. The molecule has 3 rings (SSSR count). The van der Waals surface area contributed by atoms with Crippen LogP contribution >= 0.6 is 0 Å². The fraction of sp³-hybridized carbons (Fsp3) is 0.0625. The molecule has 0 aliphatic heterocycles. The van der Waals surface area contributed by atoms with E-state index in [0.717, 1.165) is 0 Å². The Balaban J connectivity index is 2.09. The molecule has 0 aliphatic carbocycles. The topological polar surface area (TPSA) is 88.1 Å². The molecule has 2 aromatic heterocycles. The number of H-pyrrole nitrogens is 1. The highest BCUT2D eigenvalue weighted by Gasteiger charge is 2.17. The molecule has 116 valence electrons. The molecule has 0 atom stereocenters. The van der Waals surface area contributed by atoms with Gasteiger partial charge in [-0.15, -0.1) is 0 Å². The summed E-state index contributed by atoms with van der Waals surface area (Å²) in [5, 5.41) is 16.8. The maximum Gasteiger partial charge on any atom is 0.339 e. The number of rotatable bonds is 4. The molecule has 2 N–H and O–H groups in total. The van der Waals surface area contributed by atoms with E-state index in [4.69, 9.17) is 4.74 Å². The van der Waals surface area contributed by atoms with Gasteiger partial charge in [-0.3, -0.25) is 5.10 Å². The first-order valence-electron chi connectivity index (χ1n) is 6.68. The zero-order valence-electron chi connectivity index (χ0n) is 12.1. The first-order valence-corrected chi connectivity index (χ1v) is 6.68. The van der Waals surface area contributed by atoms with Crippen LogP contribution in [0.25, 0.3) is 23.1 Å². The molecule has 0 spiro atoms. The van der Waals surface area contributed by atoms with Crippen molar-refractivity contribution in [3.8, 4) is 5.75 Å². The van der Waals surface area contributed by atoms with Crippen molar-refractivity contribution in [1.82, 2.24) is 15.2 Å². The lowest BCUT2D eigenvalue weighted by Crippen LogP contribution is -2.00. The highest BCUT2D eigenvalue weighted by molar-refractivity contribution is 6.02.